The van der Waals surface area contributed by atoms with Crippen LogP contribution in [0.1, 0.15) is 18.7 Å². The van der Waals surface area contributed by atoms with Crippen LogP contribution in [-0.4, -0.2) is 34.7 Å². The maximum atomic E-state index is 12.3. The monoisotopic (exact) mass is 345 g/mol. The van der Waals surface area contributed by atoms with Crippen molar-refractivity contribution in [2.45, 2.75) is 19.9 Å². The van der Waals surface area contributed by atoms with Crippen molar-refractivity contribution < 1.29 is 19.1 Å². The van der Waals surface area contributed by atoms with Crippen molar-refractivity contribution in [1.82, 2.24) is 4.90 Å². The molecule has 1 aliphatic rings. The zero-order valence-electron chi connectivity index (χ0n) is 11.3. The Bertz CT molecular complexity index is 625. The van der Waals surface area contributed by atoms with E-state index in [1.165, 1.54) is 18.3 Å². The van der Waals surface area contributed by atoms with Crippen molar-refractivity contribution in [2.24, 2.45) is 0 Å². The summed E-state index contributed by atoms with van der Waals surface area (Å²) < 4.78 is 5.44. The minimum atomic E-state index is -0.935. The lowest BCUT2D eigenvalue weighted by Crippen LogP contribution is -2.42. The number of carbonyl (C=O) groups excluding carboxylic acids is 3. The Morgan fingerprint density at radius 3 is 2.76 bits per heavy atom. The number of nitrogens with zero attached hydrogens (tertiary/aromatic N) is 1. The molecule has 1 aliphatic heterocycles. The molecule has 1 aromatic heterocycles. The molecule has 2 rings (SSSR count). The van der Waals surface area contributed by atoms with Crippen molar-refractivity contribution in [1.29, 1.82) is 0 Å². The topological polar surface area (TPSA) is 63.7 Å². The molecule has 0 radical (unpaired) electrons. The SMILES string of the molecule is CCOC(=O)[C@H](C)N1C(=O)S/C(=C\c2ccc(Cl)s2)C1=O. The highest BCUT2D eigenvalue weighted by atomic mass is 35.5. The molecule has 5 nitrogen and oxygen atoms in total. The number of carbonyl (C=O) groups is 3. The second-order valence-electron chi connectivity index (χ2n) is 4.12. The van der Waals surface area contributed by atoms with Gasteiger partial charge in [-0.05, 0) is 43.8 Å². The lowest BCUT2D eigenvalue weighted by Gasteiger charge is -2.19. The average molecular weight is 346 g/mol. The van der Waals surface area contributed by atoms with Crippen molar-refractivity contribution in [2.75, 3.05) is 6.61 Å². The highest BCUT2D eigenvalue weighted by Gasteiger charge is 2.41. The number of halogens is 1. The standard InChI is InChI=1S/C13H12ClNO4S2/c1-3-19-12(17)7(2)15-11(16)9(21-13(15)18)6-8-4-5-10(14)20-8/h4-7H,3H2,1-2H3/b9-6-/t7-/m0/s1. The van der Waals surface area contributed by atoms with Gasteiger partial charge in [0, 0.05) is 4.88 Å². The summed E-state index contributed by atoms with van der Waals surface area (Å²) in [6.45, 7) is 3.33. The van der Waals surface area contributed by atoms with Crippen LogP contribution in [0.3, 0.4) is 0 Å². The number of hydrogen-bond acceptors (Lipinski definition) is 6. The summed E-state index contributed by atoms with van der Waals surface area (Å²) in [6.07, 6.45) is 1.60. The molecule has 0 N–H and O–H groups in total. The van der Waals surface area contributed by atoms with Crippen LogP contribution in [0.25, 0.3) is 6.08 Å². The van der Waals surface area contributed by atoms with E-state index in [2.05, 4.69) is 0 Å². The molecule has 1 saturated heterocycles. The molecule has 2 heterocycles. The molecule has 0 aromatic carbocycles. The molecule has 1 aromatic rings. The Morgan fingerprint density at radius 2 is 2.19 bits per heavy atom. The summed E-state index contributed by atoms with van der Waals surface area (Å²) in [5, 5.41) is -0.477. The molecular weight excluding hydrogens is 334 g/mol. The van der Waals surface area contributed by atoms with E-state index in [1.807, 2.05) is 0 Å². The average Bonchev–Trinajstić information content (AvgIpc) is 2.94. The van der Waals surface area contributed by atoms with Gasteiger partial charge in [-0.2, -0.15) is 0 Å². The van der Waals surface area contributed by atoms with Gasteiger partial charge in [-0.3, -0.25) is 14.5 Å². The molecule has 112 valence electrons. The smallest absolute Gasteiger partial charge is 0.329 e. The summed E-state index contributed by atoms with van der Waals surface area (Å²) in [5.74, 6) is -1.09. The van der Waals surface area contributed by atoms with Gasteiger partial charge in [-0.1, -0.05) is 11.6 Å². The summed E-state index contributed by atoms with van der Waals surface area (Å²) in [4.78, 5) is 37.8. The third-order valence-corrected chi connectivity index (χ3v) is 4.77. The lowest BCUT2D eigenvalue weighted by atomic mass is 10.3. The normalized spacial score (nSPS) is 18.4. The predicted octanol–water partition coefficient (Wildman–Crippen LogP) is 3.39. The van der Waals surface area contributed by atoms with Gasteiger partial charge in [0.15, 0.2) is 0 Å². The number of esters is 1. The maximum absolute atomic E-state index is 12.3. The fourth-order valence-electron chi connectivity index (χ4n) is 1.72. The van der Waals surface area contributed by atoms with Gasteiger partial charge < -0.3 is 4.74 Å². The van der Waals surface area contributed by atoms with Gasteiger partial charge in [-0.15, -0.1) is 11.3 Å². The summed E-state index contributed by atoms with van der Waals surface area (Å²) in [6, 6.07) is 2.54. The first-order valence-corrected chi connectivity index (χ1v) is 8.14. The zero-order valence-corrected chi connectivity index (χ0v) is 13.7. The minimum absolute atomic E-state index is 0.197. The molecule has 0 aliphatic carbocycles. The Morgan fingerprint density at radius 1 is 1.48 bits per heavy atom. The van der Waals surface area contributed by atoms with Crippen LogP contribution in [0, 0.1) is 0 Å². The van der Waals surface area contributed by atoms with Crippen LogP contribution in [0.4, 0.5) is 4.79 Å². The number of hydrogen-bond donors (Lipinski definition) is 0. The fraction of sp³-hybridized carbons (Fsp3) is 0.308. The Labute approximate surface area is 134 Å². The number of thioether (sulfide) groups is 1. The van der Waals surface area contributed by atoms with Gasteiger partial charge in [0.1, 0.15) is 6.04 Å². The predicted molar refractivity (Wildman–Crippen MR) is 83.2 cm³/mol. The van der Waals surface area contributed by atoms with Crippen molar-refractivity contribution in [3.8, 4) is 0 Å². The third-order valence-electron chi connectivity index (χ3n) is 2.71. The quantitative estimate of drug-likeness (QED) is 0.618. The molecule has 0 unspecified atom stereocenters. The van der Waals surface area contributed by atoms with Gasteiger partial charge in [-0.25, -0.2) is 4.79 Å². The lowest BCUT2D eigenvalue weighted by molar-refractivity contribution is -0.150. The van der Waals surface area contributed by atoms with Crippen LogP contribution < -0.4 is 0 Å². The van der Waals surface area contributed by atoms with E-state index in [0.29, 0.717) is 4.34 Å². The number of rotatable bonds is 4. The summed E-state index contributed by atoms with van der Waals surface area (Å²) in [5.41, 5.74) is 0. The number of ether oxygens (including phenoxy) is 1. The number of amides is 2. The first-order valence-electron chi connectivity index (χ1n) is 6.13. The van der Waals surface area contributed by atoms with Gasteiger partial charge in [0.05, 0.1) is 15.8 Å². The van der Waals surface area contributed by atoms with E-state index in [4.69, 9.17) is 16.3 Å². The van der Waals surface area contributed by atoms with E-state index < -0.39 is 23.2 Å². The molecule has 0 bridgehead atoms. The van der Waals surface area contributed by atoms with E-state index in [0.717, 1.165) is 21.5 Å². The van der Waals surface area contributed by atoms with E-state index in [9.17, 15) is 14.4 Å². The van der Waals surface area contributed by atoms with Crippen LogP contribution in [0.2, 0.25) is 4.34 Å². The minimum Gasteiger partial charge on any atom is -0.464 e. The Hall–Kier alpha value is -1.31. The largest absolute Gasteiger partial charge is 0.464 e. The van der Waals surface area contributed by atoms with E-state index >= 15 is 0 Å². The molecule has 0 spiro atoms. The molecule has 1 atom stereocenters. The first-order chi connectivity index (χ1) is 9.93. The Kier molecular flexibility index (Phi) is 5.08. The molecule has 0 saturated carbocycles. The van der Waals surface area contributed by atoms with Gasteiger partial charge in [0.2, 0.25) is 0 Å². The van der Waals surface area contributed by atoms with Crippen molar-refractivity contribution in [3.63, 3.8) is 0 Å². The Balaban J connectivity index is 2.20. The number of thiophene rings is 1. The van der Waals surface area contributed by atoms with Crippen molar-refractivity contribution in [3.05, 3.63) is 26.3 Å². The van der Waals surface area contributed by atoms with Crippen LogP contribution in [0.15, 0.2) is 17.0 Å². The third kappa shape index (κ3) is 3.48. The first kappa shape index (κ1) is 16.1. The molecular formula is C13H12ClNO4S2. The highest BCUT2D eigenvalue weighted by Crippen LogP contribution is 2.35. The zero-order chi connectivity index (χ0) is 15.6. The summed E-state index contributed by atoms with van der Waals surface area (Å²) in [7, 11) is 0. The molecule has 1 fully saturated rings. The van der Waals surface area contributed by atoms with Crippen molar-refractivity contribution >= 4 is 57.9 Å². The molecule has 2 amide bonds. The highest BCUT2D eigenvalue weighted by molar-refractivity contribution is 8.18. The molecule has 8 heteroatoms. The van der Waals surface area contributed by atoms with Crippen LogP contribution in [0.5, 0.6) is 0 Å². The van der Waals surface area contributed by atoms with Gasteiger partial charge >= 0.3 is 5.97 Å². The van der Waals surface area contributed by atoms with E-state index in [1.54, 1.807) is 25.1 Å². The van der Waals surface area contributed by atoms with Gasteiger partial charge in [0.25, 0.3) is 11.1 Å². The maximum Gasteiger partial charge on any atom is 0.329 e. The van der Waals surface area contributed by atoms with E-state index in [-0.39, 0.29) is 11.5 Å². The number of imide groups is 1. The van der Waals surface area contributed by atoms with Crippen LogP contribution in [-0.2, 0) is 14.3 Å². The second kappa shape index (κ2) is 6.64. The fourth-order valence-corrected chi connectivity index (χ4v) is 3.70. The molecule has 21 heavy (non-hydrogen) atoms. The summed E-state index contributed by atoms with van der Waals surface area (Å²) >= 11 is 7.93. The van der Waals surface area contributed by atoms with Crippen LogP contribution >= 0.6 is 34.7 Å². The second-order valence-corrected chi connectivity index (χ2v) is 6.86.